The number of amides is 1. The number of halogens is 1. The molecular weight excluding hydrogens is 556 g/mol. The molecule has 1 amide bonds. The summed E-state index contributed by atoms with van der Waals surface area (Å²) in [6.07, 6.45) is 3.35. The highest BCUT2D eigenvalue weighted by Gasteiger charge is 2.37. The molecule has 2 aromatic carbocycles. The van der Waals surface area contributed by atoms with Crippen LogP contribution in [0.15, 0.2) is 53.6 Å². The maximum atomic E-state index is 14.6. The fourth-order valence-corrected chi connectivity index (χ4v) is 6.25. The van der Waals surface area contributed by atoms with E-state index in [1.54, 1.807) is 85.6 Å². The zero-order chi connectivity index (χ0) is 30.7. The SMILES string of the molecule is Cc1cc(-n2nc3c(c2-n2ccn(-c4ccc(P(C)(C)=O)cc4)c2=O)C(C)N(C(=O)OC(C)(C)C)CC3)cc(C)c1F. The Labute approximate surface area is 244 Å². The molecule has 222 valence electrons. The number of hydrogen-bond acceptors (Lipinski definition) is 5. The van der Waals surface area contributed by atoms with E-state index in [4.69, 9.17) is 9.84 Å². The topological polar surface area (TPSA) is 91.4 Å². The minimum atomic E-state index is -2.45. The molecule has 1 aliphatic heterocycles. The second-order valence-electron chi connectivity index (χ2n) is 12.3. The molecule has 11 heteroatoms. The van der Waals surface area contributed by atoms with Crippen LogP contribution in [-0.4, -0.2) is 55.4 Å². The first-order chi connectivity index (χ1) is 19.6. The van der Waals surface area contributed by atoms with Crippen molar-refractivity contribution >= 4 is 18.5 Å². The Morgan fingerprint density at radius 2 is 1.62 bits per heavy atom. The molecule has 1 aliphatic rings. The molecular formula is C31H37FN5O4P. The molecule has 0 saturated carbocycles. The fourth-order valence-electron chi connectivity index (χ4n) is 5.39. The van der Waals surface area contributed by atoms with Gasteiger partial charge in [0.1, 0.15) is 24.4 Å². The monoisotopic (exact) mass is 593 g/mol. The highest BCUT2D eigenvalue weighted by molar-refractivity contribution is 7.70. The Balaban J connectivity index is 1.69. The first-order valence-corrected chi connectivity index (χ1v) is 16.5. The molecule has 42 heavy (non-hydrogen) atoms. The van der Waals surface area contributed by atoms with Gasteiger partial charge in [0.15, 0.2) is 0 Å². The molecule has 5 rings (SSSR count). The van der Waals surface area contributed by atoms with Crippen LogP contribution in [0.2, 0.25) is 0 Å². The van der Waals surface area contributed by atoms with Crippen molar-refractivity contribution in [1.29, 1.82) is 0 Å². The Morgan fingerprint density at radius 1 is 1.02 bits per heavy atom. The first-order valence-electron chi connectivity index (χ1n) is 13.9. The van der Waals surface area contributed by atoms with E-state index < -0.39 is 24.9 Å². The predicted molar refractivity (Wildman–Crippen MR) is 162 cm³/mol. The van der Waals surface area contributed by atoms with Gasteiger partial charge in [0, 0.05) is 36.2 Å². The van der Waals surface area contributed by atoms with Crippen LogP contribution < -0.4 is 11.0 Å². The van der Waals surface area contributed by atoms with Crippen molar-refractivity contribution in [3.05, 3.63) is 87.5 Å². The number of aryl methyl sites for hydroxylation is 2. The van der Waals surface area contributed by atoms with Gasteiger partial charge in [-0.05, 0) is 102 Å². The molecule has 1 atom stereocenters. The number of imidazole rings is 1. The van der Waals surface area contributed by atoms with Crippen molar-refractivity contribution in [2.24, 2.45) is 0 Å². The summed E-state index contributed by atoms with van der Waals surface area (Å²) in [4.78, 5) is 28.8. The number of benzene rings is 2. The van der Waals surface area contributed by atoms with E-state index in [1.165, 1.54) is 9.13 Å². The van der Waals surface area contributed by atoms with Gasteiger partial charge >= 0.3 is 11.8 Å². The zero-order valence-electron chi connectivity index (χ0n) is 25.3. The number of fused-ring (bicyclic) bond motifs is 1. The summed E-state index contributed by atoms with van der Waals surface area (Å²) in [5, 5.41) is 5.63. The summed E-state index contributed by atoms with van der Waals surface area (Å²) in [5.74, 6) is 0.181. The van der Waals surface area contributed by atoms with E-state index in [1.807, 2.05) is 27.7 Å². The van der Waals surface area contributed by atoms with E-state index in [0.717, 1.165) is 16.6 Å². The van der Waals surface area contributed by atoms with Gasteiger partial charge in [-0.3, -0.25) is 9.13 Å². The molecule has 9 nitrogen and oxygen atoms in total. The third kappa shape index (κ3) is 5.36. The summed E-state index contributed by atoms with van der Waals surface area (Å²) >= 11 is 0. The van der Waals surface area contributed by atoms with Crippen LogP contribution in [0.25, 0.3) is 17.2 Å². The van der Waals surface area contributed by atoms with Crippen LogP contribution in [0.4, 0.5) is 9.18 Å². The number of carbonyl (C=O) groups excluding carboxylic acids is 1. The second kappa shape index (κ2) is 10.4. The van der Waals surface area contributed by atoms with Crippen molar-refractivity contribution in [1.82, 2.24) is 23.8 Å². The van der Waals surface area contributed by atoms with Crippen molar-refractivity contribution in [2.75, 3.05) is 19.9 Å². The Kier molecular flexibility index (Phi) is 7.34. The number of aromatic nitrogens is 4. The van der Waals surface area contributed by atoms with E-state index in [-0.39, 0.29) is 11.5 Å². The van der Waals surface area contributed by atoms with Crippen LogP contribution in [-0.2, 0) is 15.7 Å². The highest BCUT2D eigenvalue weighted by Crippen LogP contribution is 2.37. The molecule has 2 aromatic heterocycles. The molecule has 0 fully saturated rings. The number of rotatable bonds is 4. The third-order valence-electron chi connectivity index (χ3n) is 7.50. The number of carbonyl (C=O) groups is 1. The summed E-state index contributed by atoms with van der Waals surface area (Å²) < 4.78 is 37.5. The maximum Gasteiger partial charge on any atom is 0.410 e. The van der Waals surface area contributed by atoms with Gasteiger partial charge < -0.3 is 14.2 Å². The van der Waals surface area contributed by atoms with Gasteiger partial charge in [0.25, 0.3) is 0 Å². The molecule has 0 aliphatic carbocycles. The van der Waals surface area contributed by atoms with Gasteiger partial charge in [0.2, 0.25) is 0 Å². The van der Waals surface area contributed by atoms with Gasteiger partial charge in [-0.1, -0.05) is 0 Å². The zero-order valence-corrected chi connectivity index (χ0v) is 26.2. The van der Waals surface area contributed by atoms with Gasteiger partial charge in [-0.15, -0.1) is 0 Å². The van der Waals surface area contributed by atoms with E-state index in [0.29, 0.717) is 41.3 Å². The predicted octanol–water partition coefficient (Wildman–Crippen LogP) is 5.67. The standard InChI is InChI=1S/C31H37FN5O4P/c1-19-17-23(18-20(2)27(19)32)37-28(26-21(3)34(14-13-25(26)33-37)30(39)41-31(4,5)6)36-16-15-35(29(36)38)22-9-11-24(12-10-22)42(7,8)40/h9-12,15-18,21H,13-14H2,1-8H3. The van der Waals surface area contributed by atoms with Crippen LogP contribution >= 0.6 is 7.14 Å². The van der Waals surface area contributed by atoms with E-state index in [2.05, 4.69) is 0 Å². The summed E-state index contributed by atoms with van der Waals surface area (Å²) in [5.41, 5.74) is 2.61. The van der Waals surface area contributed by atoms with E-state index >= 15 is 0 Å². The number of hydrogen-bond donors (Lipinski definition) is 0. The normalized spacial score (nSPS) is 15.5. The molecule has 3 heterocycles. The van der Waals surface area contributed by atoms with Crippen molar-refractivity contribution < 1.29 is 18.5 Å². The number of nitrogens with zero attached hydrogens (tertiary/aromatic N) is 5. The van der Waals surface area contributed by atoms with Crippen molar-refractivity contribution in [3.63, 3.8) is 0 Å². The summed E-state index contributed by atoms with van der Waals surface area (Å²) in [6, 6.07) is 10.0. The van der Waals surface area contributed by atoms with E-state index in [9.17, 15) is 18.5 Å². The molecule has 0 spiro atoms. The average Bonchev–Trinajstić information content (AvgIpc) is 3.46. The van der Waals surface area contributed by atoms with Crippen molar-refractivity contribution in [2.45, 2.75) is 59.6 Å². The largest absolute Gasteiger partial charge is 0.444 e. The average molecular weight is 594 g/mol. The van der Waals surface area contributed by atoms with Crippen LogP contribution in [0, 0.1) is 19.7 Å². The fraction of sp³-hybridized carbons (Fsp3) is 0.387. The molecule has 0 saturated heterocycles. The van der Waals surface area contributed by atoms with Crippen LogP contribution in [0.5, 0.6) is 0 Å². The Morgan fingerprint density at radius 3 is 2.19 bits per heavy atom. The minimum Gasteiger partial charge on any atom is -0.444 e. The summed E-state index contributed by atoms with van der Waals surface area (Å²) in [6.45, 7) is 14.6. The van der Waals surface area contributed by atoms with Gasteiger partial charge in [0.05, 0.1) is 23.1 Å². The Bertz CT molecular complexity index is 1770. The van der Waals surface area contributed by atoms with Gasteiger partial charge in [-0.25, -0.2) is 18.7 Å². The lowest BCUT2D eigenvalue weighted by molar-refractivity contribution is 0.0159. The van der Waals surface area contributed by atoms with Crippen molar-refractivity contribution in [3.8, 4) is 17.2 Å². The molecule has 1 unspecified atom stereocenters. The lowest BCUT2D eigenvalue weighted by Crippen LogP contribution is -2.42. The highest BCUT2D eigenvalue weighted by atomic mass is 31.2. The lowest BCUT2D eigenvalue weighted by atomic mass is 10.00. The number of ether oxygens (including phenoxy) is 1. The lowest BCUT2D eigenvalue weighted by Gasteiger charge is -2.34. The first kappa shape index (κ1) is 29.6. The minimum absolute atomic E-state index is 0.294. The summed E-state index contributed by atoms with van der Waals surface area (Å²) in [7, 11) is -2.45. The van der Waals surface area contributed by atoms with Crippen LogP contribution in [0.1, 0.15) is 56.1 Å². The molecule has 0 N–H and O–H groups in total. The quantitative estimate of drug-likeness (QED) is 0.285. The maximum absolute atomic E-state index is 14.6. The second-order valence-corrected chi connectivity index (χ2v) is 15.5. The molecule has 0 bridgehead atoms. The Hall–Kier alpha value is -3.91. The van der Waals surface area contributed by atoms with Gasteiger partial charge in [-0.2, -0.15) is 5.10 Å². The van der Waals surface area contributed by atoms with Crippen LogP contribution in [0.3, 0.4) is 0 Å². The third-order valence-corrected chi connectivity index (χ3v) is 9.04. The smallest absolute Gasteiger partial charge is 0.410 e. The molecule has 0 radical (unpaired) electrons. The molecule has 4 aromatic rings.